The highest BCUT2D eigenvalue weighted by Crippen LogP contribution is 2.28. The average molecular weight is 460 g/mol. The van der Waals surface area contributed by atoms with Crippen molar-refractivity contribution in [2.75, 3.05) is 20.8 Å². The standard InChI is InChI=1S/C26H25N3O5/c1-32-22-10-9-17(15-24(22)33-2)14-21(29-26(31)23-8-5-13-34-23)25(30)27-12-11-18-16-28-20-7-4-3-6-19(18)20/h3-10,13-16,28H,11-12H2,1-2H3,(H,27,30)(H,29,31)/b21-14-. The van der Waals surface area contributed by atoms with E-state index in [-0.39, 0.29) is 11.5 Å². The number of H-pyrrole nitrogens is 1. The SMILES string of the molecule is COc1ccc(/C=C(\NC(=O)c2ccco2)C(=O)NCCc2c[nH]c3ccccc23)cc1OC. The van der Waals surface area contributed by atoms with Crippen LogP contribution < -0.4 is 20.1 Å². The summed E-state index contributed by atoms with van der Waals surface area (Å²) >= 11 is 0. The van der Waals surface area contributed by atoms with Gasteiger partial charge in [-0.2, -0.15) is 0 Å². The molecule has 0 radical (unpaired) electrons. The van der Waals surface area contributed by atoms with Crippen molar-refractivity contribution in [1.82, 2.24) is 15.6 Å². The summed E-state index contributed by atoms with van der Waals surface area (Å²) in [6, 6.07) is 16.3. The molecule has 2 heterocycles. The van der Waals surface area contributed by atoms with E-state index in [1.165, 1.54) is 19.4 Å². The number of hydrogen-bond donors (Lipinski definition) is 3. The summed E-state index contributed by atoms with van der Waals surface area (Å²) < 4.78 is 15.8. The molecule has 2 aromatic heterocycles. The minimum absolute atomic E-state index is 0.0764. The van der Waals surface area contributed by atoms with Crippen molar-refractivity contribution in [2.45, 2.75) is 6.42 Å². The molecule has 0 aliphatic heterocycles. The van der Waals surface area contributed by atoms with Crippen LogP contribution in [0.4, 0.5) is 0 Å². The largest absolute Gasteiger partial charge is 0.493 e. The zero-order chi connectivity index (χ0) is 23.9. The van der Waals surface area contributed by atoms with Crippen LogP contribution in [-0.4, -0.2) is 37.6 Å². The number of carbonyl (C=O) groups excluding carboxylic acids is 2. The lowest BCUT2D eigenvalue weighted by Gasteiger charge is -2.12. The Morgan fingerprint density at radius 2 is 1.85 bits per heavy atom. The second kappa shape index (κ2) is 10.4. The van der Waals surface area contributed by atoms with Gasteiger partial charge in [-0.3, -0.25) is 9.59 Å². The van der Waals surface area contributed by atoms with Gasteiger partial charge in [0, 0.05) is 23.6 Å². The zero-order valence-corrected chi connectivity index (χ0v) is 18.9. The van der Waals surface area contributed by atoms with Gasteiger partial charge in [-0.05, 0) is 54.0 Å². The molecule has 0 bridgehead atoms. The highest BCUT2D eigenvalue weighted by molar-refractivity contribution is 6.04. The van der Waals surface area contributed by atoms with Crippen LogP contribution in [-0.2, 0) is 11.2 Å². The molecule has 0 unspecified atom stereocenters. The fourth-order valence-corrected chi connectivity index (χ4v) is 3.60. The lowest BCUT2D eigenvalue weighted by Crippen LogP contribution is -2.35. The summed E-state index contributed by atoms with van der Waals surface area (Å²) in [5.74, 6) is 0.222. The minimum Gasteiger partial charge on any atom is -0.493 e. The molecule has 0 aliphatic rings. The van der Waals surface area contributed by atoms with E-state index < -0.39 is 11.8 Å². The van der Waals surface area contributed by atoms with E-state index in [1.807, 2.05) is 30.5 Å². The van der Waals surface area contributed by atoms with Crippen molar-refractivity contribution in [3.05, 3.63) is 89.6 Å². The van der Waals surface area contributed by atoms with Crippen molar-refractivity contribution >= 4 is 28.8 Å². The lowest BCUT2D eigenvalue weighted by molar-refractivity contribution is -0.117. The fourth-order valence-electron chi connectivity index (χ4n) is 3.60. The molecule has 0 atom stereocenters. The Morgan fingerprint density at radius 1 is 1.03 bits per heavy atom. The first kappa shape index (κ1) is 22.7. The van der Waals surface area contributed by atoms with E-state index in [0.29, 0.717) is 30.0 Å². The number of aromatic amines is 1. The Hall–Kier alpha value is -4.46. The smallest absolute Gasteiger partial charge is 0.291 e. The maximum atomic E-state index is 13.0. The summed E-state index contributed by atoms with van der Waals surface area (Å²) in [5.41, 5.74) is 2.87. The zero-order valence-electron chi connectivity index (χ0n) is 18.9. The van der Waals surface area contributed by atoms with Crippen LogP contribution >= 0.6 is 0 Å². The molecule has 0 saturated carbocycles. The number of amides is 2. The van der Waals surface area contributed by atoms with E-state index in [9.17, 15) is 9.59 Å². The van der Waals surface area contributed by atoms with Gasteiger partial charge in [0.05, 0.1) is 20.5 Å². The third-order valence-corrected chi connectivity index (χ3v) is 5.31. The Morgan fingerprint density at radius 3 is 2.62 bits per heavy atom. The monoisotopic (exact) mass is 459 g/mol. The Bertz CT molecular complexity index is 1320. The summed E-state index contributed by atoms with van der Waals surface area (Å²) in [6.07, 6.45) is 5.54. The number of benzene rings is 2. The third kappa shape index (κ3) is 5.12. The number of rotatable bonds is 9. The molecule has 0 saturated heterocycles. The van der Waals surface area contributed by atoms with Gasteiger partial charge in [0.1, 0.15) is 5.70 Å². The molecule has 2 aromatic carbocycles. The predicted octanol–water partition coefficient (Wildman–Crippen LogP) is 3.91. The number of nitrogens with one attached hydrogen (secondary N) is 3. The molecule has 2 amide bonds. The maximum Gasteiger partial charge on any atom is 0.291 e. The topological polar surface area (TPSA) is 106 Å². The number of hydrogen-bond acceptors (Lipinski definition) is 5. The number of fused-ring (bicyclic) bond motifs is 1. The van der Waals surface area contributed by atoms with E-state index in [0.717, 1.165) is 16.5 Å². The molecule has 0 spiro atoms. The normalized spacial score (nSPS) is 11.3. The lowest BCUT2D eigenvalue weighted by atomic mass is 10.1. The van der Waals surface area contributed by atoms with Crippen LogP contribution in [0.1, 0.15) is 21.7 Å². The maximum absolute atomic E-state index is 13.0. The van der Waals surface area contributed by atoms with E-state index >= 15 is 0 Å². The van der Waals surface area contributed by atoms with Gasteiger partial charge in [-0.1, -0.05) is 24.3 Å². The average Bonchev–Trinajstić information content (AvgIpc) is 3.54. The number of carbonyl (C=O) groups is 2. The highest BCUT2D eigenvalue weighted by Gasteiger charge is 2.17. The molecule has 4 rings (SSSR count). The van der Waals surface area contributed by atoms with Crippen LogP contribution in [0.5, 0.6) is 11.5 Å². The van der Waals surface area contributed by atoms with Gasteiger partial charge in [-0.15, -0.1) is 0 Å². The molecule has 8 nitrogen and oxygen atoms in total. The quantitative estimate of drug-likeness (QED) is 0.329. The second-order valence-corrected chi connectivity index (χ2v) is 7.47. The fraction of sp³-hybridized carbons (Fsp3) is 0.154. The van der Waals surface area contributed by atoms with Gasteiger partial charge >= 0.3 is 0 Å². The van der Waals surface area contributed by atoms with Crippen LogP contribution in [0.3, 0.4) is 0 Å². The third-order valence-electron chi connectivity index (χ3n) is 5.31. The van der Waals surface area contributed by atoms with Gasteiger partial charge in [0.2, 0.25) is 0 Å². The van der Waals surface area contributed by atoms with E-state index in [1.54, 1.807) is 37.5 Å². The van der Waals surface area contributed by atoms with Crippen molar-refractivity contribution in [1.29, 1.82) is 0 Å². The summed E-state index contributed by atoms with van der Waals surface area (Å²) in [4.78, 5) is 28.8. The van der Waals surface area contributed by atoms with E-state index in [2.05, 4.69) is 15.6 Å². The molecule has 34 heavy (non-hydrogen) atoms. The molecular weight excluding hydrogens is 434 g/mol. The highest BCUT2D eigenvalue weighted by atomic mass is 16.5. The predicted molar refractivity (Wildman–Crippen MR) is 129 cm³/mol. The van der Waals surface area contributed by atoms with Crippen molar-refractivity contribution in [3.8, 4) is 11.5 Å². The van der Waals surface area contributed by atoms with Crippen LogP contribution in [0.2, 0.25) is 0 Å². The van der Waals surface area contributed by atoms with Crippen molar-refractivity contribution < 1.29 is 23.5 Å². The first-order valence-electron chi connectivity index (χ1n) is 10.7. The van der Waals surface area contributed by atoms with Crippen molar-refractivity contribution in [2.24, 2.45) is 0 Å². The Labute approximate surface area is 196 Å². The van der Waals surface area contributed by atoms with Gasteiger partial charge in [0.25, 0.3) is 11.8 Å². The minimum atomic E-state index is -0.525. The molecular formula is C26H25N3O5. The van der Waals surface area contributed by atoms with Crippen molar-refractivity contribution in [3.63, 3.8) is 0 Å². The molecule has 4 aromatic rings. The van der Waals surface area contributed by atoms with Crippen LogP contribution in [0, 0.1) is 0 Å². The van der Waals surface area contributed by atoms with E-state index in [4.69, 9.17) is 13.9 Å². The number of aromatic nitrogens is 1. The first-order chi connectivity index (χ1) is 16.6. The molecule has 3 N–H and O–H groups in total. The first-order valence-corrected chi connectivity index (χ1v) is 10.7. The Balaban J connectivity index is 1.52. The number of ether oxygens (including phenoxy) is 2. The number of furan rings is 1. The number of para-hydroxylation sites is 1. The molecule has 8 heteroatoms. The van der Waals surface area contributed by atoms with Crippen LogP contribution in [0.15, 0.2) is 77.2 Å². The summed E-state index contributed by atoms with van der Waals surface area (Å²) in [6.45, 7) is 0.389. The van der Waals surface area contributed by atoms with Gasteiger partial charge in [-0.25, -0.2) is 0 Å². The summed E-state index contributed by atoms with van der Waals surface area (Å²) in [5, 5.41) is 6.65. The molecule has 174 valence electrons. The Kier molecular flexibility index (Phi) is 6.98. The van der Waals surface area contributed by atoms with Gasteiger partial charge in [0.15, 0.2) is 17.3 Å². The molecule has 0 aliphatic carbocycles. The van der Waals surface area contributed by atoms with Crippen LogP contribution in [0.25, 0.3) is 17.0 Å². The number of methoxy groups -OCH3 is 2. The molecule has 0 fully saturated rings. The van der Waals surface area contributed by atoms with Gasteiger partial charge < -0.3 is 29.5 Å². The summed E-state index contributed by atoms with van der Waals surface area (Å²) in [7, 11) is 3.08. The second-order valence-electron chi connectivity index (χ2n) is 7.47.